The molecule has 0 saturated carbocycles. The molecule has 0 aromatic carbocycles. The summed E-state index contributed by atoms with van der Waals surface area (Å²) in [5.74, 6) is -1.53. The quantitative estimate of drug-likeness (QED) is 0.442. The summed E-state index contributed by atoms with van der Waals surface area (Å²) in [6.07, 6.45) is 1.03. The summed E-state index contributed by atoms with van der Waals surface area (Å²) in [6, 6.07) is 0. The van der Waals surface area contributed by atoms with Gasteiger partial charge in [-0.1, -0.05) is 5.57 Å². The predicted molar refractivity (Wildman–Crippen MR) is 36.9 cm³/mol. The van der Waals surface area contributed by atoms with Crippen LogP contribution in [0, 0.1) is 0 Å². The van der Waals surface area contributed by atoms with Crippen LogP contribution in [0.1, 0.15) is 26.7 Å². The van der Waals surface area contributed by atoms with Crippen LogP contribution in [0.5, 0.6) is 0 Å². The van der Waals surface area contributed by atoms with Crippen molar-refractivity contribution in [2.24, 2.45) is 0 Å². The van der Waals surface area contributed by atoms with Crippen LogP contribution in [-0.4, -0.2) is 16.0 Å². The molecule has 0 amide bonds. The van der Waals surface area contributed by atoms with Gasteiger partial charge in [0.25, 0.3) is 0 Å². The maximum Gasteiger partial charge on any atom is 0.159 e. The minimum absolute atomic E-state index is 0.363. The lowest BCUT2D eigenvalue weighted by Gasteiger charge is -2.14. The summed E-state index contributed by atoms with van der Waals surface area (Å²) in [5.41, 5.74) is 0.976. The highest BCUT2D eigenvalue weighted by Gasteiger charge is 2.13. The molecule has 0 aliphatic rings. The number of allylic oxidation sites excluding steroid dienone is 1. The fourth-order valence-corrected chi connectivity index (χ4v) is 0.450. The van der Waals surface area contributed by atoms with Gasteiger partial charge in [-0.25, -0.2) is 0 Å². The van der Waals surface area contributed by atoms with Crippen molar-refractivity contribution in [2.75, 3.05) is 0 Å². The van der Waals surface area contributed by atoms with Crippen molar-refractivity contribution in [2.45, 2.75) is 32.5 Å². The summed E-state index contributed by atoms with van der Waals surface area (Å²) in [5, 5.41) is 17.6. The van der Waals surface area contributed by atoms with Crippen molar-refractivity contribution in [3.05, 3.63) is 12.2 Å². The molecule has 0 bridgehead atoms. The Morgan fingerprint density at radius 2 is 2.00 bits per heavy atom. The van der Waals surface area contributed by atoms with E-state index in [-0.39, 0.29) is 0 Å². The van der Waals surface area contributed by atoms with Crippen LogP contribution in [-0.2, 0) is 0 Å². The Morgan fingerprint density at radius 3 is 2.11 bits per heavy atom. The Hall–Kier alpha value is -0.340. The van der Waals surface area contributed by atoms with Gasteiger partial charge in [-0.2, -0.15) is 0 Å². The van der Waals surface area contributed by atoms with Crippen LogP contribution < -0.4 is 0 Å². The second kappa shape index (κ2) is 2.99. The van der Waals surface area contributed by atoms with Gasteiger partial charge in [0.15, 0.2) is 5.79 Å². The molecule has 2 nitrogen and oxygen atoms in total. The highest BCUT2D eigenvalue weighted by atomic mass is 16.5. The van der Waals surface area contributed by atoms with Crippen LogP contribution in [0.4, 0.5) is 0 Å². The first kappa shape index (κ1) is 8.66. The van der Waals surface area contributed by atoms with Crippen molar-refractivity contribution < 1.29 is 10.2 Å². The van der Waals surface area contributed by atoms with Gasteiger partial charge in [0.05, 0.1) is 0 Å². The van der Waals surface area contributed by atoms with Gasteiger partial charge < -0.3 is 10.2 Å². The molecule has 0 rings (SSSR count). The average molecular weight is 130 g/mol. The molecule has 0 fully saturated rings. The average Bonchev–Trinajstić information content (AvgIpc) is 1.59. The van der Waals surface area contributed by atoms with E-state index < -0.39 is 5.79 Å². The molecule has 54 valence electrons. The summed E-state index contributed by atoms with van der Waals surface area (Å²) >= 11 is 0. The summed E-state index contributed by atoms with van der Waals surface area (Å²) in [4.78, 5) is 0. The number of aliphatic hydroxyl groups is 2. The highest BCUT2D eigenvalue weighted by molar-refractivity contribution is 4.88. The van der Waals surface area contributed by atoms with Crippen molar-refractivity contribution in [1.82, 2.24) is 0 Å². The first-order valence-corrected chi connectivity index (χ1v) is 3.01. The van der Waals surface area contributed by atoms with E-state index in [0.717, 1.165) is 5.57 Å². The zero-order valence-corrected chi connectivity index (χ0v) is 6.02. The van der Waals surface area contributed by atoms with Crippen molar-refractivity contribution in [3.63, 3.8) is 0 Å². The zero-order valence-electron chi connectivity index (χ0n) is 6.02. The maximum atomic E-state index is 8.78. The van der Waals surface area contributed by atoms with Gasteiger partial charge in [-0.05, 0) is 20.3 Å². The molecule has 0 atom stereocenters. The molecule has 2 N–H and O–H groups in total. The van der Waals surface area contributed by atoms with Gasteiger partial charge in [0.1, 0.15) is 0 Å². The number of rotatable bonds is 3. The topological polar surface area (TPSA) is 40.5 Å². The molecule has 0 aliphatic heterocycles. The lowest BCUT2D eigenvalue weighted by Crippen LogP contribution is -2.22. The van der Waals surface area contributed by atoms with E-state index >= 15 is 0 Å². The van der Waals surface area contributed by atoms with E-state index in [0.29, 0.717) is 12.8 Å². The van der Waals surface area contributed by atoms with Gasteiger partial charge in [0, 0.05) is 6.42 Å². The normalized spacial score (nSPS) is 11.6. The molecule has 0 spiro atoms. The van der Waals surface area contributed by atoms with Crippen molar-refractivity contribution >= 4 is 0 Å². The Bertz CT molecular complexity index is 100.0. The molecule has 0 radical (unpaired) electrons. The standard InChI is InChI=1S/C7H14O2/c1-6(2)4-5-7(3,8)9/h8-9H,1,4-5H2,2-3H3. The highest BCUT2D eigenvalue weighted by Crippen LogP contribution is 2.10. The van der Waals surface area contributed by atoms with Crippen LogP contribution in [0.2, 0.25) is 0 Å². The number of hydrogen-bond acceptors (Lipinski definition) is 2. The molecule has 0 heterocycles. The SMILES string of the molecule is C=C(C)CCC(C)(O)O. The smallest absolute Gasteiger partial charge is 0.159 e. The van der Waals surface area contributed by atoms with Crippen LogP contribution in [0.3, 0.4) is 0 Å². The van der Waals surface area contributed by atoms with E-state index in [1.54, 1.807) is 0 Å². The molecular weight excluding hydrogens is 116 g/mol. The summed E-state index contributed by atoms with van der Waals surface area (Å²) in [7, 11) is 0. The second-order valence-electron chi connectivity index (χ2n) is 2.67. The van der Waals surface area contributed by atoms with E-state index in [1.807, 2.05) is 6.92 Å². The molecule has 0 aromatic rings. The second-order valence-corrected chi connectivity index (χ2v) is 2.67. The Morgan fingerprint density at radius 1 is 1.56 bits per heavy atom. The zero-order chi connectivity index (χ0) is 7.49. The van der Waals surface area contributed by atoms with Gasteiger partial charge in [-0.3, -0.25) is 0 Å². The van der Waals surface area contributed by atoms with Gasteiger partial charge in [0.2, 0.25) is 0 Å². The summed E-state index contributed by atoms with van der Waals surface area (Å²) < 4.78 is 0. The molecule has 0 aromatic heterocycles. The first-order chi connectivity index (χ1) is 3.92. The maximum absolute atomic E-state index is 8.78. The van der Waals surface area contributed by atoms with Gasteiger partial charge >= 0.3 is 0 Å². The number of hydrogen-bond donors (Lipinski definition) is 2. The molecule has 0 aliphatic carbocycles. The van der Waals surface area contributed by atoms with Crippen molar-refractivity contribution in [1.29, 1.82) is 0 Å². The molecule has 9 heavy (non-hydrogen) atoms. The molecule has 0 saturated heterocycles. The van der Waals surface area contributed by atoms with E-state index in [1.165, 1.54) is 6.92 Å². The van der Waals surface area contributed by atoms with Gasteiger partial charge in [-0.15, -0.1) is 6.58 Å². The molecular formula is C7H14O2. The van der Waals surface area contributed by atoms with Crippen molar-refractivity contribution in [3.8, 4) is 0 Å². The third kappa shape index (κ3) is 7.66. The Balaban J connectivity index is 3.39. The molecule has 2 heteroatoms. The lowest BCUT2D eigenvalue weighted by molar-refractivity contribution is -0.148. The largest absolute Gasteiger partial charge is 0.366 e. The fraction of sp³-hybridized carbons (Fsp3) is 0.714. The minimum atomic E-state index is -1.53. The Kier molecular flexibility index (Phi) is 2.88. The summed E-state index contributed by atoms with van der Waals surface area (Å²) in [6.45, 7) is 6.87. The first-order valence-electron chi connectivity index (χ1n) is 3.01. The van der Waals surface area contributed by atoms with Crippen LogP contribution >= 0.6 is 0 Å². The fourth-order valence-electron chi connectivity index (χ4n) is 0.450. The Labute approximate surface area is 55.8 Å². The van der Waals surface area contributed by atoms with Crippen LogP contribution in [0.15, 0.2) is 12.2 Å². The lowest BCUT2D eigenvalue weighted by atomic mass is 10.1. The van der Waals surface area contributed by atoms with E-state index in [9.17, 15) is 0 Å². The minimum Gasteiger partial charge on any atom is -0.366 e. The van der Waals surface area contributed by atoms with E-state index in [4.69, 9.17) is 10.2 Å². The predicted octanol–water partition coefficient (Wildman–Crippen LogP) is 1.04. The molecule has 0 unspecified atom stereocenters. The van der Waals surface area contributed by atoms with Crippen LogP contribution in [0.25, 0.3) is 0 Å². The van der Waals surface area contributed by atoms with E-state index in [2.05, 4.69) is 6.58 Å². The monoisotopic (exact) mass is 130 g/mol. The third-order valence-electron chi connectivity index (χ3n) is 1.03. The third-order valence-corrected chi connectivity index (χ3v) is 1.03.